The van der Waals surface area contributed by atoms with Gasteiger partial charge in [-0.1, -0.05) is 0 Å². The lowest BCUT2D eigenvalue weighted by atomic mass is 10.1. The van der Waals surface area contributed by atoms with Gasteiger partial charge in [-0.15, -0.1) is 11.6 Å². The molecule has 0 radical (unpaired) electrons. The standard InChI is InChI=1S/C14H17ClN2O3/c1-20-12-4-2-11(3-5-12)14(19)17-8-6-16(7-9-17)13(18)10-15/h2-5H,6-10H2,1H3. The zero-order chi connectivity index (χ0) is 14.5. The van der Waals surface area contributed by atoms with Crippen LogP contribution in [0.2, 0.25) is 0 Å². The number of hydrogen-bond donors (Lipinski definition) is 0. The summed E-state index contributed by atoms with van der Waals surface area (Å²) >= 11 is 5.53. The fourth-order valence-corrected chi connectivity index (χ4v) is 2.33. The molecule has 1 fully saturated rings. The van der Waals surface area contributed by atoms with Gasteiger partial charge in [0.05, 0.1) is 7.11 Å². The Bertz CT molecular complexity index is 482. The predicted octanol–water partition coefficient (Wildman–Crippen LogP) is 1.22. The molecule has 0 aromatic heterocycles. The van der Waals surface area contributed by atoms with Gasteiger partial charge in [-0.05, 0) is 24.3 Å². The highest BCUT2D eigenvalue weighted by Crippen LogP contribution is 2.14. The summed E-state index contributed by atoms with van der Waals surface area (Å²) in [6, 6.07) is 7.02. The Morgan fingerprint density at radius 2 is 1.65 bits per heavy atom. The fraction of sp³-hybridized carbons (Fsp3) is 0.429. The smallest absolute Gasteiger partial charge is 0.253 e. The number of carbonyl (C=O) groups is 2. The number of nitrogens with zero attached hydrogens (tertiary/aromatic N) is 2. The van der Waals surface area contributed by atoms with Crippen LogP contribution in [0.3, 0.4) is 0 Å². The molecule has 0 bridgehead atoms. The molecule has 108 valence electrons. The van der Waals surface area contributed by atoms with Crippen LogP contribution in [0.15, 0.2) is 24.3 Å². The molecule has 1 aliphatic rings. The maximum Gasteiger partial charge on any atom is 0.253 e. The van der Waals surface area contributed by atoms with Gasteiger partial charge in [0, 0.05) is 31.7 Å². The van der Waals surface area contributed by atoms with E-state index in [1.165, 1.54) is 0 Å². The highest BCUT2D eigenvalue weighted by atomic mass is 35.5. The Labute approximate surface area is 123 Å². The van der Waals surface area contributed by atoms with Crippen LogP contribution in [0.4, 0.5) is 0 Å². The average Bonchev–Trinajstić information content (AvgIpc) is 2.53. The minimum atomic E-state index is -0.0804. The van der Waals surface area contributed by atoms with E-state index < -0.39 is 0 Å². The molecule has 0 spiro atoms. The van der Waals surface area contributed by atoms with Crippen molar-refractivity contribution in [1.82, 2.24) is 9.80 Å². The van der Waals surface area contributed by atoms with E-state index in [2.05, 4.69) is 0 Å². The first kappa shape index (κ1) is 14.7. The molecule has 0 unspecified atom stereocenters. The second-order valence-corrected chi connectivity index (χ2v) is 4.80. The van der Waals surface area contributed by atoms with Crippen LogP contribution in [0, 0.1) is 0 Å². The second kappa shape index (κ2) is 6.61. The minimum absolute atomic E-state index is 0.00751. The molecule has 2 amide bonds. The van der Waals surface area contributed by atoms with Gasteiger partial charge in [0.2, 0.25) is 5.91 Å². The van der Waals surface area contributed by atoms with E-state index in [-0.39, 0.29) is 17.7 Å². The largest absolute Gasteiger partial charge is 0.497 e. The van der Waals surface area contributed by atoms with Gasteiger partial charge in [-0.25, -0.2) is 0 Å². The molecular weight excluding hydrogens is 280 g/mol. The summed E-state index contributed by atoms with van der Waals surface area (Å²) in [5.74, 6) is 0.611. The fourth-order valence-electron chi connectivity index (χ4n) is 2.16. The molecule has 2 rings (SSSR count). The molecule has 5 nitrogen and oxygen atoms in total. The van der Waals surface area contributed by atoms with Gasteiger partial charge >= 0.3 is 0 Å². The molecule has 1 aliphatic heterocycles. The Kier molecular flexibility index (Phi) is 4.84. The lowest BCUT2D eigenvalue weighted by molar-refractivity contribution is -0.129. The molecule has 0 N–H and O–H groups in total. The lowest BCUT2D eigenvalue weighted by Crippen LogP contribution is -2.50. The number of amides is 2. The monoisotopic (exact) mass is 296 g/mol. The Hall–Kier alpha value is -1.75. The van der Waals surface area contributed by atoms with E-state index >= 15 is 0 Å². The maximum absolute atomic E-state index is 12.3. The number of benzene rings is 1. The summed E-state index contributed by atoms with van der Waals surface area (Å²) in [5, 5.41) is 0. The molecule has 1 saturated heterocycles. The van der Waals surface area contributed by atoms with Crippen LogP contribution in [-0.4, -0.2) is 60.8 Å². The average molecular weight is 297 g/mol. The second-order valence-electron chi connectivity index (χ2n) is 4.54. The van der Waals surface area contributed by atoms with E-state index in [0.717, 1.165) is 5.75 Å². The molecular formula is C14H17ClN2O3. The first-order valence-electron chi connectivity index (χ1n) is 6.42. The topological polar surface area (TPSA) is 49.9 Å². The molecule has 1 aromatic carbocycles. The summed E-state index contributed by atoms with van der Waals surface area (Å²) in [7, 11) is 1.59. The first-order chi connectivity index (χ1) is 9.65. The number of halogens is 1. The van der Waals surface area contributed by atoms with Gasteiger partial charge in [0.1, 0.15) is 11.6 Å². The summed E-state index contributed by atoms with van der Waals surface area (Å²) in [6.07, 6.45) is 0. The van der Waals surface area contributed by atoms with Gasteiger partial charge in [0.15, 0.2) is 0 Å². The summed E-state index contributed by atoms with van der Waals surface area (Å²) in [4.78, 5) is 27.2. The molecule has 0 atom stereocenters. The third kappa shape index (κ3) is 3.22. The molecule has 20 heavy (non-hydrogen) atoms. The molecule has 0 aliphatic carbocycles. The third-order valence-corrected chi connectivity index (χ3v) is 3.60. The quantitative estimate of drug-likeness (QED) is 0.788. The van der Waals surface area contributed by atoms with Crippen molar-refractivity contribution in [3.63, 3.8) is 0 Å². The van der Waals surface area contributed by atoms with E-state index in [9.17, 15) is 9.59 Å². The lowest BCUT2D eigenvalue weighted by Gasteiger charge is -2.34. The van der Waals surface area contributed by atoms with Crippen LogP contribution >= 0.6 is 11.6 Å². The van der Waals surface area contributed by atoms with Crippen LogP contribution in [0.25, 0.3) is 0 Å². The summed E-state index contributed by atoms with van der Waals surface area (Å²) in [5.41, 5.74) is 0.628. The van der Waals surface area contributed by atoms with Crippen molar-refractivity contribution in [2.75, 3.05) is 39.2 Å². The molecule has 1 heterocycles. The van der Waals surface area contributed by atoms with Crippen molar-refractivity contribution in [2.45, 2.75) is 0 Å². The number of rotatable bonds is 3. The molecule has 6 heteroatoms. The van der Waals surface area contributed by atoms with Gasteiger partial charge in [-0.2, -0.15) is 0 Å². The van der Waals surface area contributed by atoms with Gasteiger partial charge < -0.3 is 14.5 Å². The van der Waals surface area contributed by atoms with Crippen molar-refractivity contribution in [3.8, 4) is 5.75 Å². The van der Waals surface area contributed by atoms with Gasteiger partial charge in [0.25, 0.3) is 5.91 Å². The van der Waals surface area contributed by atoms with Crippen LogP contribution < -0.4 is 4.74 Å². The van der Waals surface area contributed by atoms with Gasteiger partial charge in [-0.3, -0.25) is 9.59 Å². The Balaban J connectivity index is 1.95. The Morgan fingerprint density at radius 1 is 1.10 bits per heavy atom. The predicted molar refractivity (Wildman–Crippen MR) is 76.2 cm³/mol. The number of piperazine rings is 1. The number of methoxy groups -OCH3 is 1. The third-order valence-electron chi connectivity index (χ3n) is 3.37. The normalized spacial score (nSPS) is 15.1. The van der Waals surface area contributed by atoms with Crippen LogP contribution in [-0.2, 0) is 4.79 Å². The van der Waals surface area contributed by atoms with Crippen LogP contribution in [0.5, 0.6) is 5.75 Å². The van der Waals surface area contributed by atoms with E-state index in [1.807, 2.05) is 0 Å². The van der Waals surface area contributed by atoms with E-state index in [1.54, 1.807) is 41.2 Å². The van der Waals surface area contributed by atoms with E-state index in [0.29, 0.717) is 31.7 Å². The molecule has 1 aromatic rings. The van der Waals surface area contributed by atoms with E-state index in [4.69, 9.17) is 16.3 Å². The van der Waals surface area contributed by atoms with Crippen molar-refractivity contribution in [3.05, 3.63) is 29.8 Å². The number of hydrogen-bond acceptors (Lipinski definition) is 3. The summed E-state index contributed by atoms with van der Waals surface area (Å²) in [6.45, 7) is 2.14. The SMILES string of the molecule is COc1ccc(C(=O)N2CCN(C(=O)CCl)CC2)cc1. The van der Waals surface area contributed by atoms with Crippen molar-refractivity contribution in [2.24, 2.45) is 0 Å². The zero-order valence-electron chi connectivity index (χ0n) is 11.3. The van der Waals surface area contributed by atoms with Crippen LogP contribution in [0.1, 0.15) is 10.4 Å². The highest BCUT2D eigenvalue weighted by Gasteiger charge is 2.24. The number of alkyl halides is 1. The van der Waals surface area contributed by atoms with Crippen molar-refractivity contribution < 1.29 is 14.3 Å². The first-order valence-corrected chi connectivity index (χ1v) is 6.96. The highest BCUT2D eigenvalue weighted by molar-refractivity contribution is 6.27. The van der Waals surface area contributed by atoms with Crippen molar-refractivity contribution in [1.29, 1.82) is 0 Å². The minimum Gasteiger partial charge on any atom is -0.497 e. The number of ether oxygens (including phenoxy) is 1. The van der Waals surface area contributed by atoms with Crippen molar-refractivity contribution >= 4 is 23.4 Å². The zero-order valence-corrected chi connectivity index (χ0v) is 12.1. The maximum atomic E-state index is 12.3. The Morgan fingerprint density at radius 3 is 2.15 bits per heavy atom. The summed E-state index contributed by atoms with van der Waals surface area (Å²) < 4.78 is 5.07. The molecule has 0 saturated carbocycles. The number of carbonyl (C=O) groups excluding carboxylic acids is 2.